The molecule has 0 heterocycles. The summed E-state index contributed by atoms with van der Waals surface area (Å²) in [4.78, 5) is 0.385. The van der Waals surface area contributed by atoms with Crippen molar-refractivity contribution in [3.05, 3.63) is 66.2 Å². The summed E-state index contributed by atoms with van der Waals surface area (Å²) in [6.07, 6.45) is 0.696. The van der Waals surface area contributed by atoms with E-state index in [-0.39, 0.29) is 16.7 Å². The van der Waals surface area contributed by atoms with Crippen LogP contribution in [0.25, 0.3) is 0 Å². The number of rotatable bonds is 8. The molecule has 0 aliphatic heterocycles. The zero-order chi connectivity index (χ0) is 20.1. The molecule has 0 aliphatic rings. The first-order valence-corrected chi connectivity index (χ1v) is 14.0. The van der Waals surface area contributed by atoms with Crippen molar-refractivity contribution in [3.8, 4) is 0 Å². The molecule has 3 nitrogen and oxygen atoms in total. The lowest BCUT2D eigenvalue weighted by atomic mass is 10.0. The second-order valence-corrected chi connectivity index (χ2v) is 15.6. The maximum atomic E-state index is 12.9. The molecule has 2 aromatic carbocycles. The van der Waals surface area contributed by atoms with Gasteiger partial charge >= 0.3 is 0 Å². The summed E-state index contributed by atoms with van der Waals surface area (Å²) in [5.74, 6) is 0.0206. The van der Waals surface area contributed by atoms with Crippen molar-refractivity contribution in [2.24, 2.45) is 5.92 Å². The van der Waals surface area contributed by atoms with Crippen molar-refractivity contribution in [1.29, 1.82) is 0 Å². The van der Waals surface area contributed by atoms with Crippen LogP contribution in [0.3, 0.4) is 0 Å². The van der Waals surface area contributed by atoms with Gasteiger partial charge < -0.3 is 4.43 Å². The van der Waals surface area contributed by atoms with Crippen molar-refractivity contribution in [3.63, 3.8) is 0 Å². The van der Waals surface area contributed by atoms with Gasteiger partial charge in [0.05, 0.1) is 10.6 Å². The molecule has 0 fully saturated rings. The third kappa shape index (κ3) is 6.30. The molecule has 0 amide bonds. The van der Waals surface area contributed by atoms with Gasteiger partial charge in [-0.2, -0.15) is 0 Å². The van der Waals surface area contributed by atoms with Gasteiger partial charge in [-0.1, -0.05) is 69.3 Å². The maximum Gasteiger partial charge on any atom is 0.191 e. The highest BCUT2D eigenvalue weighted by Gasteiger charge is 2.38. The van der Waals surface area contributed by atoms with E-state index in [0.29, 0.717) is 17.9 Å². The van der Waals surface area contributed by atoms with E-state index in [4.69, 9.17) is 4.43 Å². The molecule has 0 N–H and O–H groups in total. The Bertz CT molecular complexity index is 810. The summed E-state index contributed by atoms with van der Waals surface area (Å²) in [6.45, 7) is 11.5. The standard InChI is InChI=1S/C22H32O3SSi/c1-22(2,3)27(4,5)25-17-20(16-19-12-8-6-9-13-19)18-26(23,24)21-14-10-7-11-15-21/h6-15,20H,16-18H2,1-5H3/t20-/m0/s1. The molecule has 0 unspecified atom stereocenters. The molecule has 0 aromatic heterocycles. The van der Waals surface area contributed by atoms with Gasteiger partial charge in [0.25, 0.3) is 0 Å². The summed E-state index contributed by atoms with van der Waals surface area (Å²) in [5, 5.41) is 0.0998. The van der Waals surface area contributed by atoms with Crippen LogP contribution in [0.5, 0.6) is 0 Å². The van der Waals surface area contributed by atoms with E-state index in [9.17, 15) is 8.42 Å². The van der Waals surface area contributed by atoms with Gasteiger partial charge in [-0.25, -0.2) is 8.42 Å². The van der Waals surface area contributed by atoms with Gasteiger partial charge in [-0.3, -0.25) is 0 Å². The third-order valence-corrected chi connectivity index (χ3v) is 11.8. The Morgan fingerprint density at radius 3 is 1.96 bits per heavy atom. The first-order chi connectivity index (χ1) is 12.5. The molecule has 2 aromatic rings. The molecule has 0 aliphatic carbocycles. The molecule has 0 spiro atoms. The summed E-state index contributed by atoms with van der Waals surface area (Å²) in [7, 11) is -5.28. The molecule has 2 rings (SSSR count). The van der Waals surface area contributed by atoms with Crippen molar-refractivity contribution in [2.75, 3.05) is 12.4 Å². The van der Waals surface area contributed by atoms with Crippen LogP contribution in [0.2, 0.25) is 18.1 Å². The van der Waals surface area contributed by atoms with E-state index < -0.39 is 18.2 Å². The molecule has 1 atom stereocenters. The minimum Gasteiger partial charge on any atom is -0.417 e. The van der Waals surface area contributed by atoms with E-state index in [2.05, 4.69) is 46.0 Å². The Kier molecular flexibility index (Phi) is 7.06. The van der Waals surface area contributed by atoms with E-state index in [0.717, 1.165) is 5.56 Å². The van der Waals surface area contributed by atoms with Gasteiger partial charge in [0.1, 0.15) is 0 Å². The van der Waals surface area contributed by atoms with Gasteiger partial charge in [0, 0.05) is 6.61 Å². The van der Waals surface area contributed by atoms with Crippen LogP contribution < -0.4 is 0 Å². The highest BCUT2D eigenvalue weighted by atomic mass is 32.2. The van der Waals surface area contributed by atoms with Crippen LogP contribution in [0, 0.1) is 5.92 Å². The SMILES string of the molecule is CC(C)(C)[Si](C)(C)OC[C@H](Cc1ccccc1)CS(=O)(=O)c1ccccc1. The second-order valence-electron chi connectivity index (χ2n) is 8.72. The number of hydrogen-bond acceptors (Lipinski definition) is 3. The van der Waals surface area contributed by atoms with Crippen molar-refractivity contribution < 1.29 is 12.8 Å². The number of hydrogen-bond donors (Lipinski definition) is 0. The quantitative estimate of drug-likeness (QED) is 0.558. The van der Waals surface area contributed by atoms with Gasteiger partial charge in [-0.15, -0.1) is 0 Å². The molecule has 0 radical (unpaired) electrons. The fourth-order valence-electron chi connectivity index (χ4n) is 2.69. The number of benzene rings is 2. The van der Waals surface area contributed by atoms with Crippen molar-refractivity contribution >= 4 is 18.2 Å². The van der Waals surface area contributed by atoms with Crippen LogP contribution in [0.4, 0.5) is 0 Å². The van der Waals surface area contributed by atoms with E-state index >= 15 is 0 Å². The van der Waals surface area contributed by atoms with Crippen molar-refractivity contribution in [1.82, 2.24) is 0 Å². The minimum atomic E-state index is -3.35. The minimum absolute atomic E-state index is 0.0771. The van der Waals surface area contributed by atoms with E-state index in [1.807, 2.05) is 24.3 Å². The molecular weight excluding hydrogens is 372 g/mol. The average Bonchev–Trinajstić information content (AvgIpc) is 2.60. The number of sulfone groups is 1. The maximum absolute atomic E-state index is 12.9. The predicted molar refractivity (Wildman–Crippen MR) is 115 cm³/mol. The van der Waals surface area contributed by atoms with Gasteiger partial charge in [-0.05, 0) is 48.2 Å². The normalized spacial score (nSPS) is 14.1. The van der Waals surface area contributed by atoms with Crippen LogP contribution in [-0.2, 0) is 20.7 Å². The predicted octanol–water partition coefficient (Wildman–Crippen LogP) is 5.34. The van der Waals surface area contributed by atoms with Crippen LogP contribution >= 0.6 is 0 Å². The Labute approximate surface area is 165 Å². The summed E-state index contributed by atoms with van der Waals surface area (Å²) in [6, 6.07) is 18.8. The molecule has 0 saturated heterocycles. The largest absolute Gasteiger partial charge is 0.417 e. The lowest BCUT2D eigenvalue weighted by molar-refractivity contribution is 0.238. The molecule has 0 saturated carbocycles. The molecular formula is C22H32O3SSi. The topological polar surface area (TPSA) is 43.4 Å². The Morgan fingerprint density at radius 1 is 0.926 bits per heavy atom. The highest BCUT2D eigenvalue weighted by molar-refractivity contribution is 7.91. The Morgan fingerprint density at radius 2 is 1.44 bits per heavy atom. The summed E-state index contributed by atoms with van der Waals surface area (Å²) in [5.41, 5.74) is 1.14. The average molecular weight is 405 g/mol. The lowest BCUT2D eigenvalue weighted by Gasteiger charge is -2.37. The van der Waals surface area contributed by atoms with Gasteiger partial charge in [0.15, 0.2) is 18.2 Å². The fraction of sp³-hybridized carbons (Fsp3) is 0.455. The van der Waals surface area contributed by atoms with Crippen molar-refractivity contribution in [2.45, 2.75) is 50.2 Å². The van der Waals surface area contributed by atoms with Crippen LogP contribution in [0.15, 0.2) is 65.6 Å². The Hall–Kier alpha value is -1.43. The smallest absolute Gasteiger partial charge is 0.191 e. The third-order valence-electron chi connectivity index (χ3n) is 5.41. The van der Waals surface area contributed by atoms with Crippen LogP contribution in [0.1, 0.15) is 26.3 Å². The highest BCUT2D eigenvalue weighted by Crippen LogP contribution is 2.37. The molecule has 27 heavy (non-hydrogen) atoms. The van der Waals surface area contributed by atoms with Gasteiger partial charge in [0.2, 0.25) is 0 Å². The fourth-order valence-corrected chi connectivity index (χ4v) is 5.37. The summed E-state index contributed by atoms with van der Waals surface area (Å²) < 4.78 is 32.2. The first kappa shape index (κ1) is 21.9. The van der Waals surface area contributed by atoms with Crippen LogP contribution in [-0.4, -0.2) is 29.1 Å². The Balaban J connectivity index is 2.19. The summed E-state index contributed by atoms with van der Waals surface area (Å²) >= 11 is 0. The zero-order valence-electron chi connectivity index (χ0n) is 17.1. The molecule has 0 bridgehead atoms. The lowest BCUT2D eigenvalue weighted by Crippen LogP contribution is -2.42. The van der Waals surface area contributed by atoms with E-state index in [1.165, 1.54) is 0 Å². The molecule has 148 valence electrons. The first-order valence-electron chi connectivity index (χ1n) is 9.47. The zero-order valence-corrected chi connectivity index (χ0v) is 18.9. The molecule has 5 heteroatoms. The second kappa shape index (κ2) is 8.72. The van der Waals surface area contributed by atoms with E-state index in [1.54, 1.807) is 24.3 Å². The monoisotopic (exact) mass is 404 g/mol.